The third-order valence-corrected chi connectivity index (χ3v) is 5.43. The van der Waals surface area contributed by atoms with Gasteiger partial charge in [-0.05, 0) is 24.6 Å². The highest BCUT2D eigenvalue weighted by Gasteiger charge is 2.44. The molecule has 0 spiro atoms. The topological polar surface area (TPSA) is 124 Å². The number of benzene rings is 1. The monoisotopic (exact) mass is 383 g/mol. The Kier molecular flexibility index (Phi) is 4.02. The van der Waals surface area contributed by atoms with Gasteiger partial charge in [0.1, 0.15) is 6.04 Å². The van der Waals surface area contributed by atoms with Gasteiger partial charge in [0.05, 0.1) is 17.2 Å². The number of carboxylic acids is 1. The maximum atomic E-state index is 12.8. The number of carboxylic acid groups (broad SMARTS) is 1. The zero-order valence-corrected chi connectivity index (χ0v) is 15.0. The number of rotatable bonds is 4. The normalized spacial score (nSPS) is 23.8. The molecule has 9 nitrogen and oxygen atoms in total. The lowest BCUT2D eigenvalue weighted by Gasteiger charge is -2.33. The van der Waals surface area contributed by atoms with Crippen LogP contribution in [0.25, 0.3) is 0 Å². The van der Waals surface area contributed by atoms with Gasteiger partial charge in [-0.1, -0.05) is 6.08 Å². The molecular weight excluding hydrogens is 366 g/mol. The molecule has 1 aromatic carbocycles. The number of carbonyl (C=O) groups excluding carboxylic acids is 4. The second kappa shape index (κ2) is 6.29. The van der Waals surface area contributed by atoms with Gasteiger partial charge in [0.15, 0.2) is 0 Å². The first-order valence-electron chi connectivity index (χ1n) is 8.80. The lowest BCUT2D eigenvalue weighted by Crippen LogP contribution is -2.54. The first-order valence-corrected chi connectivity index (χ1v) is 8.80. The van der Waals surface area contributed by atoms with Crippen molar-refractivity contribution in [2.75, 3.05) is 11.9 Å². The van der Waals surface area contributed by atoms with Crippen molar-refractivity contribution in [1.82, 2.24) is 10.2 Å². The number of amides is 4. The van der Waals surface area contributed by atoms with Gasteiger partial charge in [-0.2, -0.15) is 0 Å². The molecule has 1 aliphatic carbocycles. The van der Waals surface area contributed by atoms with Crippen molar-refractivity contribution in [1.29, 1.82) is 0 Å². The third kappa shape index (κ3) is 2.67. The number of nitrogens with one attached hydrogen (secondary N) is 1. The van der Waals surface area contributed by atoms with Gasteiger partial charge in [0.2, 0.25) is 11.8 Å². The average Bonchev–Trinajstić information content (AvgIpc) is 2.84. The number of piperidine rings is 1. The standard InChI is InChI=1S/C19H17N3O6/c1-21(11-6-9(7-11)19(27)28)10-2-3-12-13(8-10)18(26)22(17(12)25)14-4-5-15(23)20-16(14)24/h2-3,6,8,11,14H,4-5,7H2,1H3,(H,27,28)(H,20,23,24). The lowest BCUT2D eigenvalue weighted by atomic mass is 9.91. The minimum atomic E-state index is -1.00. The van der Waals surface area contributed by atoms with Gasteiger partial charge in [-0.3, -0.25) is 29.4 Å². The number of anilines is 1. The van der Waals surface area contributed by atoms with Crippen molar-refractivity contribution in [3.05, 3.63) is 41.0 Å². The minimum Gasteiger partial charge on any atom is -0.478 e. The Hall–Kier alpha value is -3.49. The van der Waals surface area contributed by atoms with E-state index in [1.54, 1.807) is 25.3 Å². The zero-order valence-electron chi connectivity index (χ0n) is 15.0. The smallest absolute Gasteiger partial charge is 0.331 e. The highest BCUT2D eigenvalue weighted by Crippen LogP contribution is 2.33. The van der Waals surface area contributed by atoms with Crippen LogP contribution in [0, 0.1) is 0 Å². The lowest BCUT2D eigenvalue weighted by molar-refractivity contribution is -0.136. The Balaban J connectivity index is 1.59. The summed E-state index contributed by atoms with van der Waals surface area (Å²) in [4.78, 5) is 62.6. The summed E-state index contributed by atoms with van der Waals surface area (Å²) in [5.74, 6) is -3.14. The van der Waals surface area contributed by atoms with Crippen LogP contribution in [-0.4, -0.2) is 58.7 Å². The summed E-state index contributed by atoms with van der Waals surface area (Å²) < 4.78 is 0. The fraction of sp³-hybridized carbons (Fsp3) is 0.316. The predicted molar refractivity (Wildman–Crippen MR) is 95.6 cm³/mol. The molecule has 4 rings (SSSR count). The fourth-order valence-electron chi connectivity index (χ4n) is 3.70. The van der Waals surface area contributed by atoms with Crippen LogP contribution in [0.2, 0.25) is 0 Å². The van der Waals surface area contributed by atoms with E-state index in [-0.39, 0.29) is 30.0 Å². The molecule has 1 aromatic rings. The molecule has 9 heteroatoms. The van der Waals surface area contributed by atoms with E-state index in [2.05, 4.69) is 5.32 Å². The largest absolute Gasteiger partial charge is 0.478 e. The third-order valence-electron chi connectivity index (χ3n) is 5.43. The summed E-state index contributed by atoms with van der Waals surface area (Å²) in [6, 6.07) is 3.69. The SMILES string of the molecule is CN(c1ccc2c(c1)C(=O)N(C1CCC(=O)NC1=O)C2=O)C1C=C(C(=O)O)C1. The van der Waals surface area contributed by atoms with E-state index in [0.717, 1.165) is 4.90 Å². The molecule has 0 bridgehead atoms. The molecule has 144 valence electrons. The van der Waals surface area contributed by atoms with Gasteiger partial charge in [-0.15, -0.1) is 0 Å². The van der Waals surface area contributed by atoms with Crippen molar-refractivity contribution in [3.8, 4) is 0 Å². The van der Waals surface area contributed by atoms with Crippen LogP contribution >= 0.6 is 0 Å². The molecule has 3 aliphatic rings. The molecule has 1 saturated heterocycles. The Bertz CT molecular complexity index is 982. The molecule has 2 N–H and O–H groups in total. The number of hydrogen-bond acceptors (Lipinski definition) is 6. The Morgan fingerprint density at radius 2 is 1.86 bits per heavy atom. The van der Waals surface area contributed by atoms with Gasteiger partial charge in [0.25, 0.3) is 11.8 Å². The summed E-state index contributed by atoms with van der Waals surface area (Å²) in [5.41, 5.74) is 1.41. The first kappa shape index (κ1) is 17.9. The van der Waals surface area contributed by atoms with Crippen LogP contribution in [0.3, 0.4) is 0 Å². The van der Waals surface area contributed by atoms with E-state index in [1.165, 1.54) is 6.07 Å². The molecule has 28 heavy (non-hydrogen) atoms. The molecule has 2 atom stereocenters. The summed E-state index contributed by atoms with van der Waals surface area (Å²) in [5, 5.41) is 11.1. The number of carbonyl (C=O) groups is 5. The van der Waals surface area contributed by atoms with Crippen LogP contribution in [0.5, 0.6) is 0 Å². The second-order valence-corrected chi connectivity index (χ2v) is 7.06. The molecule has 0 aromatic heterocycles. The number of aliphatic carboxylic acids is 1. The molecule has 2 unspecified atom stereocenters. The number of fused-ring (bicyclic) bond motifs is 1. The zero-order chi connectivity index (χ0) is 20.2. The average molecular weight is 383 g/mol. The Morgan fingerprint density at radius 1 is 1.18 bits per heavy atom. The quantitative estimate of drug-likeness (QED) is 0.717. The molecule has 2 heterocycles. The van der Waals surface area contributed by atoms with E-state index in [4.69, 9.17) is 5.11 Å². The molecule has 4 amide bonds. The van der Waals surface area contributed by atoms with E-state index in [9.17, 15) is 24.0 Å². The van der Waals surface area contributed by atoms with Gasteiger partial charge in [0, 0.05) is 31.1 Å². The maximum absolute atomic E-state index is 12.8. The van der Waals surface area contributed by atoms with Crippen molar-refractivity contribution in [2.24, 2.45) is 0 Å². The van der Waals surface area contributed by atoms with E-state index in [1.807, 2.05) is 4.90 Å². The maximum Gasteiger partial charge on any atom is 0.331 e. The van der Waals surface area contributed by atoms with Crippen LogP contribution < -0.4 is 10.2 Å². The predicted octanol–water partition coefficient (Wildman–Crippen LogP) is 0.307. The number of nitrogens with zero attached hydrogens (tertiary/aromatic N) is 2. The molecule has 1 fully saturated rings. The van der Waals surface area contributed by atoms with Gasteiger partial charge in [-0.25, -0.2) is 4.79 Å². The molecule has 2 aliphatic heterocycles. The van der Waals surface area contributed by atoms with Crippen molar-refractivity contribution in [2.45, 2.75) is 31.3 Å². The van der Waals surface area contributed by atoms with Crippen molar-refractivity contribution in [3.63, 3.8) is 0 Å². The molecular formula is C19H17N3O6. The van der Waals surface area contributed by atoms with Crippen molar-refractivity contribution < 1.29 is 29.1 Å². The Morgan fingerprint density at radius 3 is 2.50 bits per heavy atom. The van der Waals surface area contributed by atoms with E-state index >= 15 is 0 Å². The summed E-state index contributed by atoms with van der Waals surface area (Å²) in [6.07, 6.45) is 2.20. The van der Waals surface area contributed by atoms with Crippen molar-refractivity contribution >= 4 is 35.3 Å². The van der Waals surface area contributed by atoms with Crippen LogP contribution in [-0.2, 0) is 14.4 Å². The minimum absolute atomic E-state index is 0.0672. The first-order chi connectivity index (χ1) is 13.3. The number of imide groups is 2. The van der Waals surface area contributed by atoms with Crippen LogP contribution in [0.4, 0.5) is 5.69 Å². The summed E-state index contributed by atoms with van der Waals surface area (Å²) in [7, 11) is 1.78. The fourth-order valence-corrected chi connectivity index (χ4v) is 3.70. The summed E-state index contributed by atoms with van der Waals surface area (Å²) in [6.45, 7) is 0. The number of hydrogen-bond donors (Lipinski definition) is 2. The highest BCUT2D eigenvalue weighted by atomic mass is 16.4. The molecule has 0 radical (unpaired) electrons. The van der Waals surface area contributed by atoms with Crippen LogP contribution in [0.15, 0.2) is 29.8 Å². The second-order valence-electron chi connectivity index (χ2n) is 7.06. The molecule has 0 saturated carbocycles. The Labute approximate surface area is 159 Å². The van der Waals surface area contributed by atoms with Gasteiger partial charge >= 0.3 is 5.97 Å². The summed E-state index contributed by atoms with van der Waals surface area (Å²) >= 11 is 0. The van der Waals surface area contributed by atoms with E-state index < -0.39 is 35.6 Å². The van der Waals surface area contributed by atoms with E-state index in [0.29, 0.717) is 17.7 Å². The van der Waals surface area contributed by atoms with Gasteiger partial charge < -0.3 is 10.0 Å². The van der Waals surface area contributed by atoms with Crippen LogP contribution in [0.1, 0.15) is 40.0 Å². The highest BCUT2D eigenvalue weighted by molar-refractivity contribution is 6.23. The number of likely N-dealkylation sites (N-methyl/N-ethyl adjacent to an activating group) is 1.